The first-order valence-corrected chi connectivity index (χ1v) is 34.8. The molecule has 0 radical (unpaired) electrons. The van der Waals surface area contributed by atoms with Gasteiger partial charge in [-0.25, -0.2) is 0 Å². The number of nitrogens with zero attached hydrogens (tertiary/aromatic N) is 1. The molecule has 0 aliphatic carbocycles. The van der Waals surface area contributed by atoms with E-state index in [1.807, 2.05) is 21.1 Å². The average Bonchev–Trinajstić information content (AvgIpc) is 3.38. The Kier molecular flexibility index (Phi) is 57.4. The van der Waals surface area contributed by atoms with Crippen LogP contribution in [0.4, 0.5) is 0 Å². The fourth-order valence-electron chi connectivity index (χ4n) is 10.2. The predicted octanol–water partition coefficient (Wildman–Crippen LogP) is 20.3. The van der Waals surface area contributed by atoms with Crippen LogP contribution in [-0.2, 0) is 18.4 Å². The molecule has 0 bridgehead atoms. The third kappa shape index (κ3) is 60.4. The van der Waals surface area contributed by atoms with Gasteiger partial charge in [0.25, 0.3) is 7.82 Å². The van der Waals surface area contributed by atoms with Crippen molar-refractivity contribution in [2.24, 2.45) is 0 Å². The number of phosphoric acid groups is 1. The van der Waals surface area contributed by atoms with Gasteiger partial charge in [0.15, 0.2) is 0 Å². The van der Waals surface area contributed by atoms with Gasteiger partial charge in [-0.3, -0.25) is 9.36 Å². The largest absolute Gasteiger partial charge is 0.756 e. The van der Waals surface area contributed by atoms with E-state index in [1.54, 1.807) is 0 Å². The molecule has 0 aliphatic heterocycles. The van der Waals surface area contributed by atoms with Gasteiger partial charge in [0, 0.05) is 6.42 Å². The van der Waals surface area contributed by atoms with Gasteiger partial charge < -0.3 is 28.8 Å². The van der Waals surface area contributed by atoms with Crippen LogP contribution in [-0.4, -0.2) is 68.5 Å². The number of carbonyl (C=O) groups excluding carboxylic acids is 1. The van der Waals surface area contributed by atoms with E-state index in [2.05, 4.69) is 55.6 Å². The predicted molar refractivity (Wildman–Crippen MR) is 330 cm³/mol. The van der Waals surface area contributed by atoms with Crippen molar-refractivity contribution in [1.29, 1.82) is 0 Å². The smallest absolute Gasteiger partial charge is 0.268 e. The van der Waals surface area contributed by atoms with Gasteiger partial charge in [-0.2, -0.15) is 0 Å². The molecule has 9 heteroatoms. The lowest BCUT2D eigenvalue weighted by Gasteiger charge is -2.30. The third-order valence-electron chi connectivity index (χ3n) is 15.4. The Hall–Kier alpha value is -1.28. The zero-order valence-electron chi connectivity index (χ0n) is 51.5. The Bertz CT molecular complexity index is 1330. The minimum absolute atomic E-state index is 0.0143. The molecule has 450 valence electrons. The lowest BCUT2D eigenvalue weighted by Crippen LogP contribution is -2.46. The molecule has 8 nitrogen and oxygen atoms in total. The summed E-state index contributed by atoms with van der Waals surface area (Å²) < 4.78 is 23.5. The fraction of sp³-hybridized carbons (Fsp3) is 0.896. The van der Waals surface area contributed by atoms with E-state index >= 15 is 0 Å². The highest BCUT2D eigenvalue weighted by Gasteiger charge is 2.24. The maximum atomic E-state index is 13.0. The monoisotopic (exact) mass is 1090 g/mol. The number of rotatable bonds is 62. The zero-order chi connectivity index (χ0) is 55.6. The second-order valence-electron chi connectivity index (χ2n) is 24.2. The number of hydrogen-bond donors (Lipinski definition) is 2. The van der Waals surface area contributed by atoms with Crippen LogP contribution in [0.15, 0.2) is 36.5 Å². The van der Waals surface area contributed by atoms with E-state index < -0.39 is 20.0 Å². The molecule has 1 amide bonds. The molecule has 0 aliphatic rings. The number of phosphoric ester groups is 1. The maximum absolute atomic E-state index is 13.0. The highest BCUT2D eigenvalue weighted by molar-refractivity contribution is 7.45. The van der Waals surface area contributed by atoms with E-state index in [0.29, 0.717) is 23.9 Å². The van der Waals surface area contributed by atoms with Gasteiger partial charge in [-0.1, -0.05) is 314 Å². The van der Waals surface area contributed by atoms with Crippen LogP contribution in [0.1, 0.15) is 335 Å². The summed E-state index contributed by atoms with van der Waals surface area (Å²) in [5, 5.41) is 14.1. The summed E-state index contributed by atoms with van der Waals surface area (Å²) in [6.45, 7) is 4.76. The summed E-state index contributed by atoms with van der Waals surface area (Å²) in [6.07, 6.45) is 76.4. The van der Waals surface area contributed by atoms with Crippen molar-refractivity contribution >= 4 is 13.7 Å². The molecule has 0 rings (SSSR count). The Morgan fingerprint density at radius 1 is 0.461 bits per heavy atom. The molecule has 0 spiro atoms. The third-order valence-corrected chi connectivity index (χ3v) is 16.3. The van der Waals surface area contributed by atoms with Crippen molar-refractivity contribution < 1.29 is 32.9 Å². The van der Waals surface area contributed by atoms with E-state index in [4.69, 9.17) is 9.05 Å². The normalized spacial score (nSPS) is 13.9. The summed E-state index contributed by atoms with van der Waals surface area (Å²) in [4.78, 5) is 25.6. The van der Waals surface area contributed by atoms with Crippen molar-refractivity contribution in [2.75, 3.05) is 40.9 Å². The molecule has 3 unspecified atom stereocenters. The molecule has 0 aromatic carbocycles. The topological polar surface area (TPSA) is 108 Å². The van der Waals surface area contributed by atoms with Gasteiger partial charge >= 0.3 is 0 Å². The van der Waals surface area contributed by atoms with Gasteiger partial charge in [-0.05, 0) is 51.4 Å². The minimum Gasteiger partial charge on any atom is -0.756 e. The zero-order valence-corrected chi connectivity index (χ0v) is 52.4. The van der Waals surface area contributed by atoms with Gasteiger partial charge in [0.1, 0.15) is 13.2 Å². The summed E-state index contributed by atoms with van der Waals surface area (Å²) in [5.74, 6) is -0.158. The van der Waals surface area contributed by atoms with Crippen LogP contribution in [0.3, 0.4) is 0 Å². The van der Waals surface area contributed by atoms with Crippen molar-refractivity contribution in [2.45, 2.75) is 347 Å². The first-order chi connectivity index (χ1) is 37.0. The van der Waals surface area contributed by atoms with Crippen LogP contribution in [0.25, 0.3) is 0 Å². The molecule has 0 saturated heterocycles. The Balaban J connectivity index is 3.97. The first kappa shape index (κ1) is 74.7. The number of amides is 1. The maximum Gasteiger partial charge on any atom is 0.268 e. The van der Waals surface area contributed by atoms with Crippen molar-refractivity contribution in [3.8, 4) is 0 Å². The minimum atomic E-state index is -4.57. The number of allylic oxidation sites excluding steroid dienone is 6. The standard InChI is InChI=1S/C67H131N2O6P/c1-6-8-10-12-14-16-18-20-22-24-26-27-28-29-30-31-32-33-34-35-36-37-38-39-40-41-43-45-47-49-51-53-55-57-59-61-67(71)68-65(64-75-76(72,73)74-63-62-69(3,4)5)66(70)60-58-56-54-52-50-48-46-44-42-25-23-21-19-17-15-13-11-9-7-2/h18,20,24,26,28-29,65-66,70H,6-17,19,21-23,25,27,30-64H2,1-5H3,(H-,68,71,72,73)/b20-18-,26-24-,29-28-. The second-order valence-corrected chi connectivity index (χ2v) is 25.6. The molecule has 76 heavy (non-hydrogen) atoms. The lowest BCUT2D eigenvalue weighted by atomic mass is 10.0. The fourth-order valence-corrected chi connectivity index (χ4v) is 10.9. The summed E-state index contributed by atoms with van der Waals surface area (Å²) in [6, 6.07) is -0.800. The molecule has 0 heterocycles. The van der Waals surface area contributed by atoms with Crippen LogP contribution < -0.4 is 10.2 Å². The number of aliphatic hydroxyl groups excluding tert-OH is 1. The SMILES string of the molecule is CCCCCCC/C=C\C/C=C\C/C=C\CCCCCCCCCCCCCCCCCCCCCCC(=O)NC(COP(=O)([O-])OCC[N+](C)(C)C)C(O)CCCCCCCCCCCCCCCCCCCCC. The molecule has 0 aromatic heterocycles. The van der Waals surface area contributed by atoms with Crippen LogP contribution in [0.2, 0.25) is 0 Å². The molecular formula is C67H131N2O6P. The van der Waals surface area contributed by atoms with E-state index in [9.17, 15) is 19.4 Å². The van der Waals surface area contributed by atoms with Crippen molar-refractivity contribution in [3.05, 3.63) is 36.5 Å². The average molecular weight is 1090 g/mol. The number of nitrogens with one attached hydrogen (secondary N) is 1. The Labute approximate surface area is 474 Å². The molecular weight excluding hydrogens is 960 g/mol. The molecule has 3 atom stereocenters. The number of aliphatic hydroxyl groups is 1. The number of carbonyl (C=O) groups is 1. The van der Waals surface area contributed by atoms with Gasteiger partial charge in [0.2, 0.25) is 5.91 Å². The van der Waals surface area contributed by atoms with E-state index in [0.717, 1.165) is 51.4 Å². The molecule has 2 N–H and O–H groups in total. The number of unbranched alkanes of at least 4 members (excludes halogenated alkanes) is 43. The summed E-state index contributed by atoms with van der Waals surface area (Å²) >= 11 is 0. The van der Waals surface area contributed by atoms with Gasteiger partial charge in [0.05, 0.1) is 39.9 Å². The van der Waals surface area contributed by atoms with Crippen molar-refractivity contribution in [1.82, 2.24) is 5.32 Å². The number of likely N-dealkylation sites (N-methyl/N-ethyl adjacent to an activating group) is 1. The molecule has 0 fully saturated rings. The van der Waals surface area contributed by atoms with E-state index in [1.165, 1.54) is 257 Å². The Morgan fingerprint density at radius 2 is 0.763 bits per heavy atom. The number of quaternary nitrogens is 1. The summed E-state index contributed by atoms with van der Waals surface area (Å²) in [7, 11) is 1.32. The first-order valence-electron chi connectivity index (χ1n) is 33.3. The lowest BCUT2D eigenvalue weighted by molar-refractivity contribution is -0.870. The Morgan fingerprint density at radius 3 is 1.11 bits per heavy atom. The highest BCUT2D eigenvalue weighted by Crippen LogP contribution is 2.38. The van der Waals surface area contributed by atoms with Crippen molar-refractivity contribution in [3.63, 3.8) is 0 Å². The molecule has 0 aromatic rings. The van der Waals surface area contributed by atoms with Crippen LogP contribution >= 0.6 is 7.82 Å². The molecule has 0 saturated carbocycles. The number of hydrogen-bond acceptors (Lipinski definition) is 6. The van der Waals surface area contributed by atoms with E-state index in [-0.39, 0.29) is 19.1 Å². The quantitative estimate of drug-likeness (QED) is 0.0272. The van der Waals surface area contributed by atoms with Crippen LogP contribution in [0, 0.1) is 0 Å². The van der Waals surface area contributed by atoms with Gasteiger partial charge in [-0.15, -0.1) is 0 Å². The second kappa shape index (κ2) is 58.4. The summed E-state index contributed by atoms with van der Waals surface area (Å²) in [5.41, 5.74) is 0. The van der Waals surface area contributed by atoms with Crippen LogP contribution in [0.5, 0.6) is 0 Å². The highest BCUT2D eigenvalue weighted by atomic mass is 31.2.